The van der Waals surface area contributed by atoms with Crippen LogP contribution in [0.4, 0.5) is 4.39 Å². The van der Waals surface area contributed by atoms with Gasteiger partial charge in [0.1, 0.15) is 11.6 Å². The molecule has 2 heterocycles. The first-order valence-corrected chi connectivity index (χ1v) is 12.4. The summed E-state index contributed by atoms with van der Waals surface area (Å²) in [5.74, 6) is 0.654. The molecule has 5 heteroatoms. The van der Waals surface area contributed by atoms with E-state index in [0.717, 1.165) is 52.9 Å². The summed E-state index contributed by atoms with van der Waals surface area (Å²) in [4.78, 5) is 21.3. The Morgan fingerprint density at radius 2 is 1.74 bits per heavy atom. The zero-order valence-electron chi connectivity index (χ0n) is 21.2. The Hall–Kier alpha value is -3.47. The number of rotatable bonds is 4. The zero-order chi connectivity index (χ0) is 24.9. The van der Waals surface area contributed by atoms with Crippen molar-refractivity contribution >= 4 is 16.9 Å². The third kappa shape index (κ3) is 3.83. The molecule has 5 rings (SSSR count). The summed E-state index contributed by atoms with van der Waals surface area (Å²) in [6, 6.07) is 16.6. The van der Waals surface area contributed by atoms with Gasteiger partial charge in [-0.2, -0.15) is 0 Å². The fourth-order valence-corrected chi connectivity index (χ4v) is 5.49. The molecule has 0 radical (unpaired) electrons. The average molecular weight is 470 g/mol. The molecule has 0 aliphatic carbocycles. The predicted octanol–water partition coefficient (Wildman–Crippen LogP) is 6.94. The molecule has 4 aromatic rings. The molecule has 1 fully saturated rings. The lowest BCUT2D eigenvalue weighted by molar-refractivity contribution is 0.0599. The Bertz CT molecular complexity index is 1440. The molecule has 1 aliphatic heterocycles. The van der Waals surface area contributed by atoms with Gasteiger partial charge in [0.25, 0.3) is 5.91 Å². The van der Waals surface area contributed by atoms with Crippen molar-refractivity contribution < 1.29 is 9.18 Å². The van der Waals surface area contributed by atoms with Gasteiger partial charge in [-0.1, -0.05) is 29.8 Å². The molecule has 4 nitrogen and oxygen atoms in total. The topological polar surface area (TPSA) is 38.1 Å². The Kier molecular flexibility index (Phi) is 5.74. The van der Waals surface area contributed by atoms with E-state index in [2.05, 4.69) is 44.4 Å². The highest BCUT2D eigenvalue weighted by Gasteiger charge is 2.45. The van der Waals surface area contributed by atoms with E-state index in [9.17, 15) is 9.18 Å². The largest absolute Gasteiger partial charge is 0.326 e. The lowest BCUT2D eigenvalue weighted by Gasteiger charge is -2.35. The quantitative estimate of drug-likeness (QED) is 0.325. The van der Waals surface area contributed by atoms with Gasteiger partial charge in [0.15, 0.2) is 0 Å². The summed E-state index contributed by atoms with van der Waals surface area (Å²) in [5, 5.41) is 0. The standard InChI is InChI=1S/C30H32FN3O/c1-6-33-27-18-21(4)20(3)17-26(27)32-29(33)30(5)14-7-15-34(30)28(35)25-16-19(2)8-13-24(25)22-9-11-23(31)12-10-22/h8-13,16-18H,6-7,14-15H2,1-5H3. The van der Waals surface area contributed by atoms with Crippen LogP contribution in [-0.4, -0.2) is 26.9 Å². The second-order valence-electron chi connectivity index (χ2n) is 9.99. The molecule has 1 saturated heterocycles. The smallest absolute Gasteiger partial charge is 0.255 e. The van der Waals surface area contributed by atoms with Crippen molar-refractivity contribution in [3.8, 4) is 11.1 Å². The van der Waals surface area contributed by atoms with Gasteiger partial charge in [-0.3, -0.25) is 4.79 Å². The highest BCUT2D eigenvalue weighted by atomic mass is 19.1. The van der Waals surface area contributed by atoms with Gasteiger partial charge in [0.05, 0.1) is 16.6 Å². The third-order valence-electron chi connectivity index (χ3n) is 7.61. The molecule has 1 aliphatic rings. The van der Waals surface area contributed by atoms with E-state index in [0.29, 0.717) is 12.1 Å². The number of hydrogen-bond donors (Lipinski definition) is 0. The molecule has 1 aromatic heterocycles. The van der Waals surface area contributed by atoms with Crippen LogP contribution < -0.4 is 0 Å². The Morgan fingerprint density at radius 1 is 1.03 bits per heavy atom. The second-order valence-corrected chi connectivity index (χ2v) is 9.99. The molecule has 1 atom stereocenters. The van der Waals surface area contributed by atoms with Crippen molar-refractivity contribution in [3.63, 3.8) is 0 Å². The second kappa shape index (κ2) is 8.63. The predicted molar refractivity (Wildman–Crippen MR) is 139 cm³/mol. The number of aryl methyl sites for hydroxylation is 4. The van der Waals surface area contributed by atoms with Crippen LogP contribution in [0.5, 0.6) is 0 Å². The van der Waals surface area contributed by atoms with E-state index in [-0.39, 0.29) is 11.7 Å². The minimum Gasteiger partial charge on any atom is -0.326 e. The molecule has 1 amide bonds. The number of fused-ring (bicyclic) bond motifs is 1. The summed E-state index contributed by atoms with van der Waals surface area (Å²) in [6.07, 6.45) is 1.78. The number of carbonyl (C=O) groups excluding carboxylic acids is 1. The summed E-state index contributed by atoms with van der Waals surface area (Å²) in [5.41, 5.74) is 7.37. The van der Waals surface area contributed by atoms with E-state index in [1.165, 1.54) is 23.3 Å². The van der Waals surface area contributed by atoms with Gasteiger partial charge in [0.2, 0.25) is 0 Å². The lowest BCUT2D eigenvalue weighted by atomic mass is 9.93. The summed E-state index contributed by atoms with van der Waals surface area (Å²) < 4.78 is 15.9. The molecular weight excluding hydrogens is 437 g/mol. The molecule has 1 unspecified atom stereocenters. The maximum atomic E-state index is 14.2. The van der Waals surface area contributed by atoms with Gasteiger partial charge in [-0.25, -0.2) is 9.37 Å². The number of carbonyl (C=O) groups is 1. The van der Waals surface area contributed by atoms with E-state index in [1.54, 1.807) is 12.1 Å². The summed E-state index contributed by atoms with van der Waals surface area (Å²) >= 11 is 0. The van der Waals surface area contributed by atoms with Crippen LogP contribution in [0.25, 0.3) is 22.2 Å². The van der Waals surface area contributed by atoms with E-state index < -0.39 is 5.54 Å². The van der Waals surface area contributed by atoms with Crippen LogP contribution in [0.1, 0.15) is 59.6 Å². The number of halogens is 1. The first-order valence-electron chi connectivity index (χ1n) is 12.4. The first kappa shape index (κ1) is 23.3. The normalized spacial score (nSPS) is 17.9. The molecule has 0 N–H and O–H groups in total. The maximum Gasteiger partial charge on any atom is 0.255 e. The molecule has 0 saturated carbocycles. The Balaban J connectivity index is 1.62. The molecular formula is C30H32FN3O. The number of likely N-dealkylation sites (tertiary alicyclic amines) is 1. The van der Waals surface area contributed by atoms with Crippen molar-refractivity contribution in [1.82, 2.24) is 14.5 Å². The number of nitrogens with zero attached hydrogens (tertiary/aromatic N) is 3. The van der Waals surface area contributed by atoms with Gasteiger partial charge in [-0.15, -0.1) is 0 Å². The van der Waals surface area contributed by atoms with Crippen LogP contribution >= 0.6 is 0 Å². The minimum absolute atomic E-state index is 0.00454. The third-order valence-corrected chi connectivity index (χ3v) is 7.61. The number of benzene rings is 3. The molecule has 180 valence electrons. The van der Waals surface area contributed by atoms with Crippen molar-refractivity contribution in [1.29, 1.82) is 0 Å². The summed E-state index contributed by atoms with van der Waals surface area (Å²) in [7, 11) is 0. The molecule has 35 heavy (non-hydrogen) atoms. The number of imidazole rings is 1. The molecule has 3 aromatic carbocycles. The number of hydrogen-bond acceptors (Lipinski definition) is 2. The molecule has 0 bridgehead atoms. The molecule has 0 spiro atoms. The fourth-order valence-electron chi connectivity index (χ4n) is 5.49. The van der Waals surface area contributed by atoms with Crippen molar-refractivity contribution in [2.45, 2.75) is 59.5 Å². The first-order chi connectivity index (χ1) is 16.7. The Morgan fingerprint density at radius 3 is 2.46 bits per heavy atom. The van der Waals surface area contributed by atoms with Crippen LogP contribution in [0.15, 0.2) is 54.6 Å². The van der Waals surface area contributed by atoms with E-state index >= 15 is 0 Å². The zero-order valence-corrected chi connectivity index (χ0v) is 21.2. The summed E-state index contributed by atoms with van der Waals surface area (Å²) in [6.45, 7) is 12.0. The number of amides is 1. The van der Waals surface area contributed by atoms with Gasteiger partial charge < -0.3 is 9.47 Å². The van der Waals surface area contributed by atoms with Crippen LogP contribution in [-0.2, 0) is 12.1 Å². The van der Waals surface area contributed by atoms with Crippen LogP contribution in [0.3, 0.4) is 0 Å². The van der Waals surface area contributed by atoms with E-state index in [1.807, 2.05) is 30.0 Å². The Labute approximate surface area is 206 Å². The van der Waals surface area contributed by atoms with Gasteiger partial charge >= 0.3 is 0 Å². The highest BCUT2D eigenvalue weighted by molar-refractivity contribution is 6.01. The highest BCUT2D eigenvalue weighted by Crippen LogP contribution is 2.41. The van der Waals surface area contributed by atoms with Gasteiger partial charge in [0, 0.05) is 18.7 Å². The minimum atomic E-state index is -0.516. The maximum absolute atomic E-state index is 14.2. The van der Waals surface area contributed by atoms with Crippen LogP contribution in [0, 0.1) is 26.6 Å². The fraction of sp³-hybridized carbons (Fsp3) is 0.333. The SMILES string of the molecule is CCn1c(C2(C)CCCN2C(=O)c2cc(C)ccc2-c2ccc(F)cc2)nc2cc(C)c(C)cc21. The van der Waals surface area contributed by atoms with Crippen molar-refractivity contribution in [2.24, 2.45) is 0 Å². The van der Waals surface area contributed by atoms with Crippen LogP contribution in [0.2, 0.25) is 0 Å². The van der Waals surface area contributed by atoms with Gasteiger partial charge in [-0.05, 0) is 100 Å². The van der Waals surface area contributed by atoms with Crippen molar-refractivity contribution in [3.05, 3.63) is 88.5 Å². The van der Waals surface area contributed by atoms with Crippen molar-refractivity contribution in [2.75, 3.05) is 6.54 Å². The monoisotopic (exact) mass is 469 g/mol. The van der Waals surface area contributed by atoms with E-state index in [4.69, 9.17) is 4.98 Å². The lowest BCUT2D eigenvalue weighted by Crippen LogP contribution is -2.44. The average Bonchev–Trinajstić information content (AvgIpc) is 3.40. The number of aromatic nitrogens is 2.